The minimum Gasteiger partial charge on any atom is -0.501 e. The van der Waals surface area contributed by atoms with Crippen molar-refractivity contribution in [2.45, 2.75) is 36.8 Å². The van der Waals surface area contributed by atoms with Gasteiger partial charge in [0.25, 0.3) is 5.60 Å². The molecule has 2 aromatic heterocycles. The summed E-state index contributed by atoms with van der Waals surface area (Å²) in [6.07, 6.45) is 0. The second-order valence-electron chi connectivity index (χ2n) is 8.23. The molecule has 1 aliphatic heterocycles. The van der Waals surface area contributed by atoms with E-state index in [2.05, 4.69) is 32.6 Å². The fourth-order valence-electron chi connectivity index (χ4n) is 4.01. The van der Waals surface area contributed by atoms with E-state index in [0.29, 0.717) is 16.2 Å². The van der Waals surface area contributed by atoms with Crippen molar-refractivity contribution in [2.24, 2.45) is 0 Å². The third-order valence-corrected chi connectivity index (χ3v) is 7.39. The van der Waals surface area contributed by atoms with Crippen LogP contribution in [0.15, 0.2) is 52.2 Å². The van der Waals surface area contributed by atoms with Gasteiger partial charge < -0.3 is 24.5 Å². The number of benzene rings is 2. The normalized spacial score (nSPS) is 18.9. The number of aliphatic hydroxyl groups is 1. The van der Waals surface area contributed by atoms with Crippen molar-refractivity contribution in [1.82, 2.24) is 19.9 Å². The fraction of sp³-hybridized carbons (Fsp3) is 0.250. The molecule has 3 N–H and O–H groups in total. The molecule has 0 saturated carbocycles. The van der Waals surface area contributed by atoms with E-state index in [-0.39, 0.29) is 17.3 Å². The SMILES string of the molecule is CCOC(=O)C1(C(S)c2nc3ccc(C)cc3[nH]2)OC(=O)C(O)=C1Sc1nc2ccc(C)cc2[nH]1. The molecule has 2 aromatic carbocycles. The minimum absolute atomic E-state index is 0.0284. The Morgan fingerprint density at radius 1 is 1.14 bits per heavy atom. The number of imidazole rings is 2. The van der Waals surface area contributed by atoms with Crippen LogP contribution >= 0.6 is 24.4 Å². The van der Waals surface area contributed by atoms with E-state index in [1.165, 1.54) is 0 Å². The van der Waals surface area contributed by atoms with Gasteiger partial charge >= 0.3 is 11.9 Å². The first-order chi connectivity index (χ1) is 16.7. The first kappa shape index (κ1) is 23.3. The monoisotopic (exact) mass is 510 g/mol. The van der Waals surface area contributed by atoms with Crippen molar-refractivity contribution >= 4 is 58.4 Å². The summed E-state index contributed by atoms with van der Waals surface area (Å²) in [6, 6.07) is 11.4. The summed E-state index contributed by atoms with van der Waals surface area (Å²) in [7, 11) is 0. The van der Waals surface area contributed by atoms with Gasteiger partial charge in [-0.15, -0.1) is 0 Å². The van der Waals surface area contributed by atoms with Gasteiger partial charge in [0.05, 0.1) is 33.6 Å². The standard InChI is InChI=1S/C24H22N4O5S2/c1-4-32-22(31)24(18(34)20-25-13-7-5-11(2)9-15(13)26-20)19(17(29)21(30)33-24)35-23-27-14-8-6-12(3)10-16(14)28-23/h5-10,18,29,34H,4H2,1-3H3,(H,25,26)(H,27,28). The van der Waals surface area contributed by atoms with Crippen molar-refractivity contribution in [2.75, 3.05) is 6.61 Å². The summed E-state index contributed by atoms with van der Waals surface area (Å²) < 4.78 is 10.9. The maximum Gasteiger partial charge on any atom is 0.375 e. The molecule has 0 fully saturated rings. The average molecular weight is 511 g/mol. The third-order valence-electron chi connectivity index (χ3n) is 5.69. The number of hydrogen-bond acceptors (Lipinski definition) is 9. The Kier molecular flexibility index (Phi) is 5.76. The van der Waals surface area contributed by atoms with Crippen molar-refractivity contribution in [1.29, 1.82) is 0 Å². The van der Waals surface area contributed by atoms with E-state index >= 15 is 0 Å². The highest BCUT2D eigenvalue weighted by atomic mass is 32.2. The highest BCUT2D eigenvalue weighted by molar-refractivity contribution is 8.03. The van der Waals surface area contributed by atoms with Crippen LogP contribution in [-0.2, 0) is 19.1 Å². The number of hydrogen-bond donors (Lipinski definition) is 4. The number of thioether (sulfide) groups is 1. The molecule has 3 heterocycles. The van der Waals surface area contributed by atoms with Crippen molar-refractivity contribution in [3.05, 3.63) is 64.0 Å². The summed E-state index contributed by atoms with van der Waals surface area (Å²) >= 11 is 5.59. The molecule has 1 aliphatic rings. The molecule has 9 nitrogen and oxygen atoms in total. The number of nitrogens with one attached hydrogen (secondary N) is 2. The van der Waals surface area contributed by atoms with Crippen LogP contribution in [-0.4, -0.2) is 49.2 Å². The first-order valence-corrected chi connectivity index (χ1v) is 12.2. The third kappa shape index (κ3) is 3.84. The zero-order valence-corrected chi connectivity index (χ0v) is 20.8. The average Bonchev–Trinajstić information content (AvgIpc) is 3.49. The van der Waals surface area contributed by atoms with E-state index in [4.69, 9.17) is 9.47 Å². The second kappa shape index (κ2) is 8.65. The number of aromatic amines is 2. The molecule has 5 rings (SSSR count). The van der Waals surface area contributed by atoms with E-state index in [0.717, 1.165) is 33.9 Å². The van der Waals surface area contributed by atoms with Gasteiger partial charge in [-0.2, -0.15) is 12.6 Å². The molecule has 2 unspecified atom stereocenters. The van der Waals surface area contributed by atoms with Crippen LogP contribution in [0.5, 0.6) is 0 Å². The lowest BCUT2D eigenvalue weighted by molar-refractivity contribution is -0.172. The van der Waals surface area contributed by atoms with Gasteiger partial charge in [-0.1, -0.05) is 12.1 Å². The molecule has 0 amide bonds. The Balaban J connectivity index is 1.62. The smallest absolute Gasteiger partial charge is 0.375 e. The number of aliphatic hydroxyl groups excluding tert-OH is 1. The van der Waals surface area contributed by atoms with Crippen LogP contribution in [0.25, 0.3) is 22.1 Å². The van der Waals surface area contributed by atoms with E-state index < -0.39 is 28.5 Å². The molecule has 0 saturated heterocycles. The molecular formula is C24H22N4O5S2. The summed E-state index contributed by atoms with van der Waals surface area (Å²) in [4.78, 5) is 41.3. The molecule has 0 radical (unpaired) electrons. The topological polar surface area (TPSA) is 130 Å². The second-order valence-corrected chi connectivity index (χ2v) is 9.75. The largest absolute Gasteiger partial charge is 0.501 e. The fourth-order valence-corrected chi connectivity index (χ4v) is 5.58. The number of ether oxygens (including phenoxy) is 2. The summed E-state index contributed by atoms with van der Waals surface area (Å²) in [5.74, 6) is -2.35. The predicted molar refractivity (Wildman–Crippen MR) is 134 cm³/mol. The Bertz CT molecular complexity index is 1520. The zero-order valence-electron chi connectivity index (χ0n) is 19.1. The molecule has 0 aliphatic carbocycles. The summed E-state index contributed by atoms with van der Waals surface area (Å²) in [6.45, 7) is 5.57. The predicted octanol–water partition coefficient (Wildman–Crippen LogP) is 4.45. The van der Waals surface area contributed by atoms with Crippen LogP contribution < -0.4 is 0 Å². The van der Waals surface area contributed by atoms with Gasteiger partial charge in [-0.25, -0.2) is 19.6 Å². The Labute approximate surface area is 209 Å². The molecule has 35 heavy (non-hydrogen) atoms. The number of aryl methyl sites for hydroxylation is 2. The summed E-state index contributed by atoms with van der Waals surface area (Å²) in [5, 5.41) is 9.98. The molecule has 11 heteroatoms. The Morgan fingerprint density at radius 3 is 2.43 bits per heavy atom. The van der Waals surface area contributed by atoms with E-state index in [1.807, 2.05) is 50.2 Å². The molecule has 180 valence electrons. The molecule has 0 bridgehead atoms. The highest BCUT2D eigenvalue weighted by Crippen LogP contribution is 2.51. The number of nitrogens with zero attached hydrogens (tertiary/aromatic N) is 2. The maximum absolute atomic E-state index is 13.4. The first-order valence-electron chi connectivity index (χ1n) is 10.9. The quantitative estimate of drug-likeness (QED) is 0.221. The number of fused-ring (bicyclic) bond motifs is 2. The maximum atomic E-state index is 13.4. The van der Waals surface area contributed by atoms with Gasteiger partial charge in [-0.3, -0.25) is 0 Å². The number of thiol groups is 1. The van der Waals surface area contributed by atoms with E-state index in [9.17, 15) is 14.7 Å². The van der Waals surface area contributed by atoms with Gasteiger partial charge in [0.15, 0.2) is 5.16 Å². The Morgan fingerprint density at radius 2 is 1.77 bits per heavy atom. The highest BCUT2D eigenvalue weighted by Gasteiger charge is 2.61. The van der Waals surface area contributed by atoms with Crippen LogP contribution in [0.4, 0.5) is 0 Å². The van der Waals surface area contributed by atoms with E-state index in [1.54, 1.807) is 6.92 Å². The summed E-state index contributed by atoms with van der Waals surface area (Å²) in [5.41, 5.74) is 2.83. The number of esters is 2. The zero-order chi connectivity index (χ0) is 24.9. The Hall–Kier alpha value is -3.44. The molecule has 2 atom stereocenters. The lowest BCUT2D eigenvalue weighted by atomic mass is 9.98. The number of carbonyl (C=O) groups excluding carboxylic acids is 2. The van der Waals surface area contributed by atoms with Crippen LogP contribution in [0.3, 0.4) is 0 Å². The van der Waals surface area contributed by atoms with Gasteiger partial charge in [0, 0.05) is 0 Å². The minimum atomic E-state index is -2.08. The van der Waals surface area contributed by atoms with Crippen molar-refractivity contribution in [3.8, 4) is 0 Å². The van der Waals surface area contributed by atoms with Crippen molar-refractivity contribution in [3.63, 3.8) is 0 Å². The molecular weight excluding hydrogens is 488 g/mol. The van der Waals surface area contributed by atoms with Crippen LogP contribution in [0.2, 0.25) is 0 Å². The molecule has 4 aromatic rings. The van der Waals surface area contributed by atoms with Gasteiger partial charge in [0.2, 0.25) is 5.76 Å². The van der Waals surface area contributed by atoms with Gasteiger partial charge in [-0.05, 0) is 67.9 Å². The lowest BCUT2D eigenvalue weighted by Gasteiger charge is -2.31. The van der Waals surface area contributed by atoms with Crippen LogP contribution in [0.1, 0.15) is 29.1 Å². The number of H-pyrrole nitrogens is 2. The number of aromatic nitrogens is 4. The van der Waals surface area contributed by atoms with Gasteiger partial charge in [0.1, 0.15) is 11.1 Å². The molecule has 0 spiro atoms. The number of cyclic esters (lactones) is 1. The number of carbonyl (C=O) groups is 2. The lowest BCUT2D eigenvalue weighted by Crippen LogP contribution is -2.46. The van der Waals surface area contributed by atoms with Crippen LogP contribution in [0, 0.1) is 13.8 Å². The number of rotatable bonds is 6. The van der Waals surface area contributed by atoms with Crippen molar-refractivity contribution < 1.29 is 24.2 Å².